The molecule has 138 valence electrons. The van der Waals surface area contributed by atoms with Crippen LogP contribution in [0.1, 0.15) is 22.8 Å². The van der Waals surface area contributed by atoms with Crippen molar-refractivity contribution in [3.8, 4) is 11.5 Å². The summed E-state index contributed by atoms with van der Waals surface area (Å²) in [5.41, 5.74) is 2.17. The highest BCUT2D eigenvalue weighted by molar-refractivity contribution is 5.56. The quantitative estimate of drug-likeness (QED) is 0.555. The Labute approximate surface area is 149 Å². The van der Waals surface area contributed by atoms with E-state index in [1.165, 1.54) is 12.3 Å². The monoisotopic (exact) mass is 376 g/mol. The number of aromatic nitrogens is 6. The van der Waals surface area contributed by atoms with Crippen molar-refractivity contribution in [3.05, 3.63) is 65.3 Å². The van der Waals surface area contributed by atoms with E-state index in [0.717, 1.165) is 5.69 Å². The largest absolute Gasteiger partial charge is 0.451 e. The van der Waals surface area contributed by atoms with E-state index in [0.29, 0.717) is 16.9 Å². The van der Waals surface area contributed by atoms with Gasteiger partial charge in [0.25, 0.3) is 0 Å². The standard InChI is InChI=1S/C17H12F4N6/c1-9-7-22-15-12(6-10-4-2-3-5-11(10)18)23-13(8-27(9)15)14-24-16(26-25-14)17(19,20)21/h2-5,7-8H,6H2,1H3,(H,24,25,26). The van der Waals surface area contributed by atoms with Crippen molar-refractivity contribution in [2.45, 2.75) is 19.5 Å². The van der Waals surface area contributed by atoms with Gasteiger partial charge in [-0.15, -0.1) is 0 Å². The molecule has 4 aromatic rings. The van der Waals surface area contributed by atoms with Gasteiger partial charge in [0.05, 0.1) is 5.69 Å². The topological polar surface area (TPSA) is 71.8 Å². The molecule has 0 saturated carbocycles. The Morgan fingerprint density at radius 2 is 1.93 bits per heavy atom. The number of fused-ring (bicyclic) bond motifs is 1. The second-order valence-corrected chi connectivity index (χ2v) is 5.94. The molecule has 1 aromatic carbocycles. The Morgan fingerprint density at radius 1 is 1.15 bits per heavy atom. The van der Waals surface area contributed by atoms with Gasteiger partial charge >= 0.3 is 6.18 Å². The highest BCUT2D eigenvalue weighted by Gasteiger charge is 2.35. The van der Waals surface area contributed by atoms with Gasteiger partial charge in [-0.25, -0.2) is 19.3 Å². The molecular weight excluding hydrogens is 364 g/mol. The molecule has 4 rings (SSSR count). The minimum atomic E-state index is -4.64. The summed E-state index contributed by atoms with van der Waals surface area (Å²) in [4.78, 5) is 12.1. The molecule has 0 aliphatic rings. The molecule has 0 radical (unpaired) electrons. The third kappa shape index (κ3) is 3.14. The van der Waals surface area contributed by atoms with Crippen LogP contribution in [0.25, 0.3) is 17.2 Å². The second kappa shape index (κ2) is 6.15. The zero-order valence-electron chi connectivity index (χ0n) is 13.9. The lowest BCUT2D eigenvalue weighted by Gasteiger charge is -2.07. The Bertz CT molecular complexity index is 1130. The van der Waals surface area contributed by atoms with Gasteiger partial charge in [-0.3, -0.25) is 5.10 Å². The van der Waals surface area contributed by atoms with Crippen molar-refractivity contribution < 1.29 is 17.6 Å². The van der Waals surface area contributed by atoms with Gasteiger partial charge in [0.15, 0.2) is 5.65 Å². The number of imidazole rings is 1. The molecule has 6 nitrogen and oxygen atoms in total. The Morgan fingerprint density at radius 3 is 2.63 bits per heavy atom. The summed E-state index contributed by atoms with van der Waals surface area (Å²) >= 11 is 0. The molecule has 3 aromatic heterocycles. The summed E-state index contributed by atoms with van der Waals surface area (Å²) in [6.45, 7) is 1.79. The summed E-state index contributed by atoms with van der Waals surface area (Å²) in [6, 6.07) is 6.22. The molecule has 0 amide bonds. The molecule has 0 spiro atoms. The first kappa shape index (κ1) is 17.1. The minimum absolute atomic E-state index is 0.122. The summed E-state index contributed by atoms with van der Waals surface area (Å²) < 4.78 is 54.1. The van der Waals surface area contributed by atoms with Crippen LogP contribution in [-0.4, -0.2) is 29.5 Å². The molecule has 0 aliphatic carbocycles. The SMILES string of the molecule is Cc1cnc2c(Cc3ccccc3F)nc(-c3n[nH]c(C(F)(F)F)n3)cn12. The Kier molecular flexibility index (Phi) is 3.90. The first-order chi connectivity index (χ1) is 12.8. The maximum Gasteiger partial charge on any atom is 0.451 e. The van der Waals surface area contributed by atoms with E-state index in [1.807, 2.05) is 5.10 Å². The Hall–Kier alpha value is -3.30. The number of rotatable bonds is 3. The lowest BCUT2D eigenvalue weighted by molar-refractivity contribution is -0.144. The highest BCUT2D eigenvalue weighted by atomic mass is 19.4. The molecule has 3 heterocycles. The van der Waals surface area contributed by atoms with Gasteiger partial charge in [0, 0.05) is 24.5 Å². The van der Waals surface area contributed by atoms with Crippen LogP contribution in [0, 0.1) is 12.7 Å². The molecule has 0 fully saturated rings. The lowest BCUT2D eigenvalue weighted by Crippen LogP contribution is -2.07. The number of halogens is 4. The van der Waals surface area contributed by atoms with E-state index < -0.39 is 17.8 Å². The molecule has 0 bridgehead atoms. The number of H-pyrrole nitrogens is 1. The number of aromatic amines is 1. The number of hydrogen-bond acceptors (Lipinski definition) is 4. The van der Waals surface area contributed by atoms with E-state index in [9.17, 15) is 17.6 Å². The normalized spacial score (nSPS) is 12.0. The number of aryl methyl sites for hydroxylation is 1. The average Bonchev–Trinajstić information content (AvgIpc) is 3.24. The molecule has 0 atom stereocenters. The lowest BCUT2D eigenvalue weighted by atomic mass is 10.1. The van der Waals surface area contributed by atoms with Crippen LogP contribution >= 0.6 is 0 Å². The van der Waals surface area contributed by atoms with Crippen LogP contribution in [0.2, 0.25) is 0 Å². The highest BCUT2D eigenvalue weighted by Crippen LogP contribution is 2.28. The van der Waals surface area contributed by atoms with Crippen molar-refractivity contribution in [2.75, 3.05) is 0 Å². The molecule has 1 N–H and O–H groups in total. The van der Waals surface area contributed by atoms with Gasteiger partial charge in [-0.2, -0.15) is 18.3 Å². The predicted octanol–water partition coefficient (Wildman–Crippen LogP) is 3.57. The van der Waals surface area contributed by atoms with E-state index >= 15 is 0 Å². The molecule has 27 heavy (non-hydrogen) atoms. The third-order valence-corrected chi connectivity index (χ3v) is 4.05. The summed E-state index contributed by atoms with van der Waals surface area (Å²) in [7, 11) is 0. The van der Waals surface area contributed by atoms with Gasteiger partial charge < -0.3 is 4.40 Å². The van der Waals surface area contributed by atoms with Crippen LogP contribution in [-0.2, 0) is 12.6 Å². The van der Waals surface area contributed by atoms with Crippen LogP contribution in [0.3, 0.4) is 0 Å². The maximum absolute atomic E-state index is 14.0. The second-order valence-electron chi connectivity index (χ2n) is 5.94. The predicted molar refractivity (Wildman–Crippen MR) is 87.3 cm³/mol. The summed E-state index contributed by atoms with van der Waals surface area (Å²) in [6.07, 6.45) is -1.41. The van der Waals surface area contributed by atoms with E-state index in [2.05, 4.69) is 20.1 Å². The van der Waals surface area contributed by atoms with Crippen LogP contribution in [0.5, 0.6) is 0 Å². The average molecular weight is 376 g/mol. The fraction of sp³-hybridized carbons (Fsp3) is 0.176. The van der Waals surface area contributed by atoms with Gasteiger partial charge in [0.1, 0.15) is 11.5 Å². The minimum Gasteiger partial charge on any atom is -0.301 e. The fourth-order valence-electron chi connectivity index (χ4n) is 2.72. The number of nitrogens with one attached hydrogen (secondary N) is 1. The molecule has 10 heteroatoms. The zero-order chi connectivity index (χ0) is 19.2. The van der Waals surface area contributed by atoms with Crippen LogP contribution in [0.15, 0.2) is 36.7 Å². The molecule has 0 saturated heterocycles. The van der Waals surface area contributed by atoms with E-state index in [4.69, 9.17) is 0 Å². The third-order valence-electron chi connectivity index (χ3n) is 4.05. The summed E-state index contributed by atoms with van der Waals surface area (Å²) in [5.74, 6) is -1.81. The number of benzene rings is 1. The maximum atomic E-state index is 14.0. The number of alkyl halides is 3. The van der Waals surface area contributed by atoms with Crippen molar-refractivity contribution in [2.24, 2.45) is 0 Å². The van der Waals surface area contributed by atoms with Crippen molar-refractivity contribution in [1.29, 1.82) is 0 Å². The first-order valence-electron chi connectivity index (χ1n) is 7.90. The molecule has 0 aliphatic heterocycles. The van der Waals surface area contributed by atoms with Gasteiger partial charge in [-0.05, 0) is 18.6 Å². The van der Waals surface area contributed by atoms with E-state index in [1.54, 1.807) is 35.7 Å². The van der Waals surface area contributed by atoms with Crippen LogP contribution in [0.4, 0.5) is 17.6 Å². The Balaban J connectivity index is 1.84. The van der Waals surface area contributed by atoms with Crippen LogP contribution < -0.4 is 0 Å². The molecular formula is C17H12F4N6. The number of hydrogen-bond donors (Lipinski definition) is 1. The van der Waals surface area contributed by atoms with Crippen molar-refractivity contribution in [3.63, 3.8) is 0 Å². The fourth-order valence-corrected chi connectivity index (χ4v) is 2.72. The summed E-state index contributed by atoms with van der Waals surface area (Å²) in [5, 5.41) is 5.48. The van der Waals surface area contributed by atoms with E-state index in [-0.39, 0.29) is 17.9 Å². The smallest absolute Gasteiger partial charge is 0.301 e. The van der Waals surface area contributed by atoms with Crippen molar-refractivity contribution in [1.82, 2.24) is 29.5 Å². The molecule has 0 unspecified atom stereocenters. The van der Waals surface area contributed by atoms with Crippen molar-refractivity contribution >= 4 is 5.65 Å². The number of nitrogens with zero attached hydrogens (tertiary/aromatic N) is 5. The van der Waals surface area contributed by atoms with Gasteiger partial charge in [-0.1, -0.05) is 18.2 Å². The van der Waals surface area contributed by atoms with Gasteiger partial charge in [0.2, 0.25) is 11.6 Å². The zero-order valence-corrected chi connectivity index (χ0v) is 13.9. The first-order valence-corrected chi connectivity index (χ1v) is 7.90.